The van der Waals surface area contributed by atoms with Crippen molar-refractivity contribution >= 4 is 33.1 Å². The van der Waals surface area contributed by atoms with E-state index in [-0.39, 0.29) is 5.91 Å². The molecule has 2 aliphatic rings. The lowest BCUT2D eigenvalue weighted by molar-refractivity contribution is -0.119. The number of nitrogens with one attached hydrogen (secondary N) is 1. The number of aromatic amines is 1. The van der Waals surface area contributed by atoms with Crippen molar-refractivity contribution in [2.24, 2.45) is 11.7 Å². The van der Waals surface area contributed by atoms with Gasteiger partial charge in [-0.15, -0.1) is 11.3 Å². The minimum Gasteiger partial charge on any atom is -0.369 e. The molecule has 4 aromatic heterocycles. The van der Waals surface area contributed by atoms with Crippen molar-refractivity contribution in [2.45, 2.75) is 65.3 Å². The highest BCUT2D eigenvalue weighted by Crippen LogP contribution is 2.53. The van der Waals surface area contributed by atoms with E-state index in [1.165, 1.54) is 55.0 Å². The van der Waals surface area contributed by atoms with Gasteiger partial charge in [0.15, 0.2) is 5.65 Å². The van der Waals surface area contributed by atoms with Crippen LogP contribution in [0.25, 0.3) is 27.1 Å². The summed E-state index contributed by atoms with van der Waals surface area (Å²) < 4.78 is 1.89. The second-order valence-electron chi connectivity index (χ2n) is 10.6. The van der Waals surface area contributed by atoms with E-state index in [2.05, 4.69) is 60.8 Å². The number of thiophene rings is 1. The normalized spacial score (nSPS) is 22.7. The Hall–Kier alpha value is -2.71. The molecule has 0 spiro atoms. The molecule has 1 amide bonds. The molecule has 34 heavy (non-hydrogen) atoms. The van der Waals surface area contributed by atoms with Crippen LogP contribution >= 0.6 is 11.3 Å². The van der Waals surface area contributed by atoms with Crippen LogP contribution < -0.4 is 5.73 Å². The number of pyridine rings is 1. The van der Waals surface area contributed by atoms with Crippen LogP contribution in [0.4, 0.5) is 0 Å². The molecule has 2 unspecified atom stereocenters. The van der Waals surface area contributed by atoms with Gasteiger partial charge in [-0.1, -0.05) is 13.8 Å². The molecule has 1 saturated heterocycles. The first kappa shape index (κ1) is 21.8. The number of piperidine rings is 1. The number of hydrogen-bond acceptors (Lipinski definition) is 5. The summed E-state index contributed by atoms with van der Waals surface area (Å²) in [5.41, 5.74) is 14.0. The lowest BCUT2D eigenvalue weighted by Gasteiger charge is -2.30. The van der Waals surface area contributed by atoms with Crippen LogP contribution in [0.3, 0.4) is 0 Å². The number of carbonyl (C=O) groups is 1. The maximum atomic E-state index is 11.4. The number of rotatable bonds is 5. The smallest absolute Gasteiger partial charge is 0.231 e. The molecule has 2 fully saturated rings. The van der Waals surface area contributed by atoms with Crippen molar-refractivity contribution in [3.05, 3.63) is 39.7 Å². The van der Waals surface area contributed by atoms with Gasteiger partial charge in [-0.3, -0.25) is 9.69 Å². The van der Waals surface area contributed by atoms with Gasteiger partial charge in [0.05, 0.1) is 12.2 Å². The number of nitrogens with two attached hydrogens (primary N) is 1. The highest BCUT2D eigenvalue weighted by molar-refractivity contribution is 7.19. The number of nitrogens with zero attached hydrogens (tertiary/aromatic N) is 4. The molecule has 7 nitrogen and oxygen atoms in total. The van der Waals surface area contributed by atoms with Crippen molar-refractivity contribution in [3.63, 3.8) is 0 Å². The van der Waals surface area contributed by atoms with Crippen LogP contribution in [0.2, 0.25) is 0 Å². The molecule has 1 saturated carbocycles. The third kappa shape index (κ3) is 3.08. The SMILES string of the molecule is Cc1c(-c2[nH]c3sc([C@@H]4CC5CC4CN5CC(N)=O)c(C)c3c2C(C)C)cn2ncnc2c1C. The van der Waals surface area contributed by atoms with Gasteiger partial charge in [0.25, 0.3) is 0 Å². The number of likely N-dealkylation sites (tertiary alicyclic amines) is 1. The first-order chi connectivity index (χ1) is 16.2. The molecule has 1 aliphatic heterocycles. The second-order valence-corrected chi connectivity index (χ2v) is 11.6. The molecule has 4 aromatic rings. The van der Waals surface area contributed by atoms with Gasteiger partial charge >= 0.3 is 0 Å². The van der Waals surface area contributed by atoms with E-state index in [9.17, 15) is 4.79 Å². The highest BCUT2D eigenvalue weighted by atomic mass is 32.1. The summed E-state index contributed by atoms with van der Waals surface area (Å²) in [4.78, 5) is 24.8. The maximum absolute atomic E-state index is 11.4. The number of fused-ring (bicyclic) bond motifs is 4. The summed E-state index contributed by atoms with van der Waals surface area (Å²) in [5.74, 6) is 1.38. The predicted molar refractivity (Wildman–Crippen MR) is 136 cm³/mol. The van der Waals surface area contributed by atoms with Crippen LogP contribution in [-0.4, -0.2) is 49.5 Å². The fraction of sp³-hybridized carbons (Fsp3) is 0.500. The Morgan fingerprint density at radius 2 is 2.03 bits per heavy atom. The van der Waals surface area contributed by atoms with Crippen molar-refractivity contribution in [3.8, 4) is 11.3 Å². The van der Waals surface area contributed by atoms with Gasteiger partial charge in [0.2, 0.25) is 5.91 Å². The van der Waals surface area contributed by atoms with Crippen LogP contribution in [0, 0.1) is 26.7 Å². The highest BCUT2D eigenvalue weighted by Gasteiger charge is 2.46. The van der Waals surface area contributed by atoms with Gasteiger partial charge in [0.1, 0.15) is 11.2 Å². The second kappa shape index (κ2) is 7.65. The van der Waals surface area contributed by atoms with Crippen molar-refractivity contribution < 1.29 is 4.79 Å². The molecular formula is C26H32N6OS. The van der Waals surface area contributed by atoms with E-state index in [1.807, 2.05) is 15.9 Å². The molecule has 0 radical (unpaired) electrons. The van der Waals surface area contributed by atoms with Gasteiger partial charge < -0.3 is 10.7 Å². The molecule has 8 heteroatoms. The zero-order valence-corrected chi connectivity index (χ0v) is 21.3. The third-order valence-corrected chi connectivity index (χ3v) is 9.62. The Balaban J connectivity index is 1.43. The Bertz CT molecular complexity index is 1440. The van der Waals surface area contributed by atoms with E-state index in [4.69, 9.17) is 5.73 Å². The van der Waals surface area contributed by atoms with Crippen molar-refractivity contribution in [1.29, 1.82) is 0 Å². The van der Waals surface area contributed by atoms with Crippen molar-refractivity contribution in [1.82, 2.24) is 24.5 Å². The minimum atomic E-state index is -0.214. The van der Waals surface area contributed by atoms with E-state index in [1.54, 1.807) is 6.33 Å². The fourth-order valence-electron chi connectivity index (χ4n) is 6.61. The average Bonchev–Trinajstić information content (AvgIpc) is 3.57. The summed E-state index contributed by atoms with van der Waals surface area (Å²) in [6.45, 7) is 12.6. The van der Waals surface area contributed by atoms with Gasteiger partial charge in [-0.2, -0.15) is 5.10 Å². The van der Waals surface area contributed by atoms with Crippen LogP contribution in [-0.2, 0) is 4.79 Å². The summed E-state index contributed by atoms with van der Waals surface area (Å²) >= 11 is 1.94. The molecule has 178 valence electrons. The van der Waals surface area contributed by atoms with E-state index in [0.717, 1.165) is 18.6 Å². The fourth-order valence-corrected chi connectivity index (χ4v) is 8.04. The number of aromatic nitrogens is 4. The largest absolute Gasteiger partial charge is 0.369 e. The van der Waals surface area contributed by atoms with E-state index < -0.39 is 0 Å². The van der Waals surface area contributed by atoms with Gasteiger partial charge in [-0.25, -0.2) is 9.50 Å². The zero-order valence-electron chi connectivity index (χ0n) is 20.5. The van der Waals surface area contributed by atoms with Gasteiger partial charge in [0, 0.05) is 34.6 Å². The molecule has 6 rings (SSSR count). The van der Waals surface area contributed by atoms with E-state index >= 15 is 0 Å². The first-order valence-electron chi connectivity index (χ1n) is 12.2. The quantitative estimate of drug-likeness (QED) is 0.438. The van der Waals surface area contributed by atoms with Crippen molar-refractivity contribution in [2.75, 3.05) is 13.1 Å². The Kier molecular flexibility index (Phi) is 4.90. The van der Waals surface area contributed by atoms with Gasteiger partial charge in [-0.05, 0) is 73.6 Å². The number of aryl methyl sites for hydroxylation is 2. The predicted octanol–water partition coefficient (Wildman–Crippen LogP) is 4.65. The zero-order chi connectivity index (χ0) is 23.9. The molecule has 3 atom stereocenters. The monoisotopic (exact) mass is 476 g/mol. The lowest BCUT2D eigenvalue weighted by atomic mass is 9.88. The third-order valence-electron chi connectivity index (χ3n) is 8.28. The maximum Gasteiger partial charge on any atom is 0.231 e. The molecule has 0 aromatic carbocycles. The number of amides is 1. The molecule has 3 N–H and O–H groups in total. The molecule has 1 aliphatic carbocycles. The topological polar surface area (TPSA) is 92.3 Å². The van der Waals surface area contributed by atoms with Crippen LogP contribution in [0.15, 0.2) is 12.5 Å². The standard InChI is InChI=1S/C26H32N6OS/c1-12(2)21-22-15(5)24(18-7-17-6-16(18)8-31(17)10-20(27)33)34-26(22)30-23(21)19-9-32-25(28-11-29-32)14(4)13(19)3/h9,11-12,16-18,30H,6-8,10H2,1-5H3,(H2,27,33)/t16?,17?,18-/m1/s1. The summed E-state index contributed by atoms with van der Waals surface area (Å²) in [6, 6.07) is 0.488. The summed E-state index contributed by atoms with van der Waals surface area (Å²) in [7, 11) is 0. The van der Waals surface area contributed by atoms with Crippen LogP contribution in [0.5, 0.6) is 0 Å². The molecule has 2 bridgehead atoms. The number of hydrogen-bond donors (Lipinski definition) is 2. The number of primary amides is 1. The minimum absolute atomic E-state index is 0.214. The number of carbonyl (C=O) groups excluding carboxylic acids is 1. The Labute approximate surface area is 203 Å². The van der Waals surface area contributed by atoms with E-state index in [0.29, 0.717) is 30.3 Å². The lowest BCUT2D eigenvalue weighted by Crippen LogP contribution is -2.40. The van der Waals surface area contributed by atoms with Crippen LogP contribution in [0.1, 0.15) is 65.7 Å². The summed E-state index contributed by atoms with van der Waals surface area (Å²) in [5, 5.41) is 5.81. The number of H-pyrrole nitrogens is 1. The Morgan fingerprint density at radius 3 is 2.71 bits per heavy atom. The molecular weight excluding hydrogens is 444 g/mol. The average molecular weight is 477 g/mol. The first-order valence-corrected chi connectivity index (χ1v) is 13.0. The summed E-state index contributed by atoms with van der Waals surface area (Å²) in [6.07, 6.45) is 6.05. The Morgan fingerprint density at radius 1 is 1.24 bits per heavy atom. The molecule has 5 heterocycles.